The van der Waals surface area contributed by atoms with Gasteiger partial charge in [0, 0.05) is 25.7 Å². The average molecular weight is 229 g/mol. The number of nitrogens with two attached hydrogens (primary N) is 1. The molecule has 0 aromatic heterocycles. The van der Waals surface area contributed by atoms with Gasteiger partial charge in [-0.2, -0.15) is 0 Å². The zero-order valence-electron chi connectivity index (χ0n) is 9.98. The van der Waals surface area contributed by atoms with Crippen molar-refractivity contribution in [3.63, 3.8) is 0 Å². The van der Waals surface area contributed by atoms with E-state index < -0.39 is 0 Å². The van der Waals surface area contributed by atoms with Gasteiger partial charge >= 0.3 is 6.03 Å². The lowest BCUT2D eigenvalue weighted by Crippen LogP contribution is -2.52. The molecule has 5 heteroatoms. The molecule has 1 aliphatic rings. The molecule has 2 amide bonds. The Morgan fingerprint density at radius 1 is 1.56 bits per heavy atom. The normalized spacial score (nSPS) is 25.8. The largest absolute Gasteiger partial charge is 0.396 e. The Morgan fingerprint density at radius 2 is 2.31 bits per heavy atom. The highest BCUT2D eigenvalue weighted by atomic mass is 16.3. The predicted molar refractivity (Wildman–Crippen MR) is 63.0 cm³/mol. The van der Waals surface area contributed by atoms with Crippen LogP contribution in [0.25, 0.3) is 0 Å². The molecule has 1 rings (SSSR count). The van der Waals surface area contributed by atoms with E-state index in [1.54, 1.807) is 4.90 Å². The van der Waals surface area contributed by atoms with Crippen molar-refractivity contribution < 1.29 is 9.90 Å². The van der Waals surface area contributed by atoms with E-state index in [4.69, 9.17) is 10.8 Å². The number of amides is 2. The molecular formula is C11H23N3O2. The summed E-state index contributed by atoms with van der Waals surface area (Å²) in [6.45, 7) is 4.61. The molecule has 16 heavy (non-hydrogen) atoms. The number of rotatable bonds is 5. The first-order valence-corrected chi connectivity index (χ1v) is 6.06. The Kier molecular flexibility index (Phi) is 5.55. The number of nitrogens with zero attached hydrogens (tertiary/aromatic N) is 1. The van der Waals surface area contributed by atoms with Crippen molar-refractivity contribution in [2.45, 2.75) is 32.2 Å². The molecule has 4 N–H and O–H groups in total. The van der Waals surface area contributed by atoms with Crippen LogP contribution in [-0.4, -0.2) is 48.3 Å². The second kappa shape index (κ2) is 6.70. The monoisotopic (exact) mass is 229 g/mol. The standard InChI is InChI=1S/C11H23N3O2/c1-2-9-6-10(13-4-3-5-15)8-14(7-9)11(12)16/h9-10,13,15H,2-8H2,1H3,(H2,12,16). The first-order valence-electron chi connectivity index (χ1n) is 6.06. The topological polar surface area (TPSA) is 78.6 Å². The highest BCUT2D eigenvalue weighted by molar-refractivity contribution is 5.72. The van der Waals surface area contributed by atoms with E-state index in [0.29, 0.717) is 18.5 Å². The molecule has 1 fully saturated rings. The third-order valence-electron chi connectivity index (χ3n) is 3.19. The van der Waals surface area contributed by atoms with Gasteiger partial charge in [-0.25, -0.2) is 4.79 Å². The summed E-state index contributed by atoms with van der Waals surface area (Å²) in [7, 11) is 0. The zero-order valence-corrected chi connectivity index (χ0v) is 9.98. The van der Waals surface area contributed by atoms with Gasteiger partial charge in [0.15, 0.2) is 0 Å². The SMILES string of the molecule is CCC1CC(NCCCO)CN(C(N)=O)C1. The van der Waals surface area contributed by atoms with Gasteiger partial charge in [0.05, 0.1) is 0 Å². The summed E-state index contributed by atoms with van der Waals surface area (Å²) in [4.78, 5) is 12.9. The number of nitrogens with one attached hydrogen (secondary N) is 1. The minimum atomic E-state index is -0.327. The highest BCUT2D eigenvalue weighted by Crippen LogP contribution is 2.19. The smallest absolute Gasteiger partial charge is 0.314 e. The van der Waals surface area contributed by atoms with Crippen LogP contribution >= 0.6 is 0 Å². The van der Waals surface area contributed by atoms with Crippen molar-refractivity contribution in [1.29, 1.82) is 0 Å². The number of carbonyl (C=O) groups excluding carboxylic acids is 1. The van der Waals surface area contributed by atoms with Crippen molar-refractivity contribution in [3.05, 3.63) is 0 Å². The molecule has 0 radical (unpaired) electrons. The lowest BCUT2D eigenvalue weighted by atomic mass is 9.92. The van der Waals surface area contributed by atoms with Gasteiger partial charge in [-0.3, -0.25) is 0 Å². The third-order valence-corrected chi connectivity index (χ3v) is 3.19. The molecule has 0 saturated carbocycles. The van der Waals surface area contributed by atoms with Crippen LogP contribution in [0.1, 0.15) is 26.2 Å². The van der Waals surface area contributed by atoms with Crippen molar-refractivity contribution in [2.75, 3.05) is 26.2 Å². The molecule has 1 heterocycles. The Bertz CT molecular complexity index is 223. The van der Waals surface area contributed by atoms with Crippen LogP contribution in [0.15, 0.2) is 0 Å². The first-order chi connectivity index (χ1) is 7.67. The molecule has 0 aromatic rings. The van der Waals surface area contributed by atoms with Gasteiger partial charge in [-0.05, 0) is 25.3 Å². The number of carbonyl (C=O) groups is 1. The van der Waals surface area contributed by atoms with Crippen molar-refractivity contribution in [2.24, 2.45) is 11.7 Å². The minimum Gasteiger partial charge on any atom is -0.396 e. The van der Waals surface area contributed by atoms with E-state index >= 15 is 0 Å². The highest BCUT2D eigenvalue weighted by Gasteiger charge is 2.27. The second-order valence-corrected chi connectivity index (χ2v) is 4.48. The Hall–Kier alpha value is -0.810. The van der Waals surface area contributed by atoms with Crippen LogP contribution in [0, 0.1) is 5.92 Å². The minimum absolute atomic E-state index is 0.205. The molecule has 94 valence electrons. The summed E-state index contributed by atoms with van der Waals surface area (Å²) in [6.07, 6.45) is 2.91. The second-order valence-electron chi connectivity index (χ2n) is 4.48. The van der Waals surface area contributed by atoms with Crippen LogP contribution < -0.4 is 11.1 Å². The van der Waals surface area contributed by atoms with Crippen molar-refractivity contribution >= 4 is 6.03 Å². The Balaban J connectivity index is 2.41. The number of hydrogen-bond acceptors (Lipinski definition) is 3. The molecule has 0 aromatic carbocycles. The average Bonchev–Trinajstić information content (AvgIpc) is 2.29. The van der Waals surface area contributed by atoms with Crippen LogP contribution in [-0.2, 0) is 0 Å². The fourth-order valence-electron chi connectivity index (χ4n) is 2.21. The summed E-state index contributed by atoms with van der Waals surface area (Å²) in [6, 6.07) is -0.00939. The summed E-state index contributed by atoms with van der Waals surface area (Å²) >= 11 is 0. The lowest BCUT2D eigenvalue weighted by molar-refractivity contribution is 0.150. The molecule has 1 aliphatic heterocycles. The number of primary amides is 1. The first kappa shape index (κ1) is 13.3. The van der Waals surface area contributed by atoms with E-state index in [2.05, 4.69) is 12.2 Å². The van der Waals surface area contributed by atoms with Crippen LogP contribution in [0.2, 0.25) is 0 Å². The summed E-state index contributed by atoms with van der Waals surface area (Å²) in [5.41, 5.74) is 5.32. The Morgan fingerprint density at radius 3 is 2.88 bits per heavy atom. The molecule has 2 atom stereocenters. The van der Waals surface area contributed by atoms with Crippen LogP contribution in [0.5, 0.6) is 0 Å². The molecule has 1 saturated heterocycles. The number of urea groups is 1. The quantitative estimate of drug-likeness (QED) is 0.587. The maximum Gasteiger partial charge on any atom is 0.314 e. The van der Waals surface area contributed by atoms with Gasteiger partial charge in [0.2, 0.25) is 0 Å². The van der Waals surface area contributed by atoms with Gasteiger partial charge in [0.1, 0.15) is 0 Å². The molecular weight excluding hydrogens is 206 g/mol. The van der Waals surface area contributed by atoms with Gasteiger partial charge < -0.3 is 21.1 Å². The summed E-state index contributed by atoms with van der Waals surface area (Å²) in [5, 5.41) is 12.1. The lowest BCUT2D eigenvalue weighted by Gasteiger charge is -2.37. The molecule has 0 spiro atoms. The maximum atomic E-state index is 11.2. The molecule has 2 unspecified atom stereocenters. The van der Waals surface area contributed by atoms with Gasteiger partial charge in [-0.1, -0.05) is 13.3 Å². The van der Waals surface area contributed by atoms with Crippen molar-refractivity contribution in [1.82, 2.24) is 10.2 Å². The van der Waals surface area contributed by atoms with E-state index in [9.17, 15) is 4.79 Å². The Labute approximate surface area is 97.0 Å². The number of piperidine rings is 1. The number of hydrogen-bond donors (Lipinski definition) is 3. The summed E-state index contributed by atoms with van der Waals surface area (Å²) < 4.78 is 0. The zero-order chi connectivity index (χ0) is 12.0. The van der Waals surface area contributed by atoms with E-state index in [0.717, 1.165) is 32.4 Å². The number of aliphatic hydroxyl groups excluding tert-OH is 1. The molecule has 0 aliphatic carbocycles. The maximum absolute atomic E-state index is 11.2. The van der Waals surface area contributed by atoms with Crippen molar-refractivity contribution in [3.8, 4) is 0 Å². The molecule has 0 bridgehead atoms. The van der Waals surface area contributed by atoms with Gasteiger partial charge in [-0.15, -0.1) is 0 Å². The third kappa shape index (κ3) is 3.98. The fraction of sp³-hybridized carbons (Fsp3) is 0.909. The van der Waals surface area contributed by atoms with Crippen LogP contribution in [0.4, 0.5) is 4.79 Å². The number of aliphatic hydroxyl groups is 1. The summed E-state index contributed by atoms with van der Waals surface area (Å²) in [5.74, 6) is 0.535. The molecule has 5 nitrogen and oxygen atoms in total. The predicted octanol–water partition coefficient (Wildman–Crippen LogP) is 0.138. The fourth-order valence-corrected chi connectivity index (χ4v) is 2.21. The van der Waals surface area contributed by atoms with Crippen LogP contribution in [0.3, 0.4) is 0 Å². The van der Waals surface area contributed by atoms with Gasteiger partial charge in [0.25, 0.3) is 0 Å². The van der Waals surface area contributed by atoms with E-state index in [1.807, 2.05) is 0 Å². The number of likely N-dealkylation sites (tertiary alicyclic amines) is 1. The van der Waals surface area contributed by atoms with E-state index in [1.165, 1.54) is 0 Å². The van der Waals surface area contributed by atoms with E-state index in [-0.39, 0.29) is 12.6 Å².